The zero-order valence-corrected chi connectivity index (χ0v) is 12.9. The lowest BCUT2D eigenvalue weighted by Crippen LogP contribution is -2.22. The monoisotopic (exact) mass is 303 g/mol. The number of amides is 3. The second-order valence-corrected chi connectivity index (χ2v) is 5.88. The zero-order chi connectivity index (χ0) is 15.4. The lowest BCUT2D eigenvalue weighted by Gasteiger charge is -2.08. The third kappa shape index (κ3) is 3.82. The molecule has 0 bridgehead atoms. The average molecular weight is 303 g/mol. The molecule has 2 rings (SSSR count). The minimum atomic E-state index is -0.373. The Morgan fingerprint density at radius 3 is 2.33 bits per heavy atom. The molecular formula is C15H17N3O2S. The molecule has 1 aromatic carbocycles. The van der Waals surface area contributed by atoms with Gasteiger partial charge in [0.15, 0.2) is 0 Å². The van der Waals surface area contributed by atoms with Gasteiger partial charge in [-0.05, 0) is 32.0 Å². The first-order valence-corrected chi connectivity index (χ1v) is 7.28. The molecule has 5 nitrogen and oxygen atoms in total. The lowest BCUT2D eigenvalue weighted by molar-refractivity contribution is 0.0968. The van der Waals surface area contributed by atoms with Gasteiger partial charge < -0.3 is 16.0 Å². The van der Waals surface area contributed by atoms with Gasteiger partial charge in [-0.1, -0.05) is 17.7 Å². The maximum atomic E-state index is 12.0. The normalized spacial score (nSPS) is 10.0. The summed E-state index contributed by atoms with van der Waals surface area (Å²) in [4.78, 5) is 25.2. The van der Waals surface area contributed by atoms with Crippen LogP contribution in [0.5, 0.6) is 0 Å². The van der Waals surface area contributed by atoms with Crippen LogP contribution in [-0.2, 0) is 0 Å². The van der Waals surface area contributed by atoms with Crippen molar-refractivity contribution in [3.05, 3.63) is 45.6 Å². The highest BCUT2D eigenvalue weighted by Crippen LogP contribution is 2.26. The molecule has 0 radical (unpaired) electrons. The Hall–Kier alpha value is -2.34. The van der Waals surface area contributed by atoms with E-state index in [1.807, 2.05) is 38.1 Å². The van der Waals surface area contributed by atoms with E-state index in [2.05, 4.69) is 16.0 Å². The number of thiophene rings is 1. The van der Waals surface area contributed by atoms with Gasteiger partial charge in [0.05, 0.1) is 5.69 Å². The summed E-state index contributed by atoms with van der Waals surface area (Å²) in [7, 11) is 1.56. The molecule has 21 heavy (non-hydrogen) atoms. The molecule has 3 amide bonds. The Morgan fingerprint density at radius 1 is 1.05 bits per heavy atom. The molecule has 110 valence electrons. The van der Waals surface area contributed by atoms with Crippen LogP contribution in [0.3, 0.4) is 0 Å². The van der Waals surface area contributed by atoms with Crippen LogP contribution in [0.4, 0.5) is 16.2 Å². The van der Waals surface area contributed by atoms with Gasteiger partial charge in [-0.15, -0.1) is 11.3 Å². The quantitative estimate of drug-likeness (QED) is 0.813. The zero-order valence-electron chi connectivity index (χ0n) is 12.1. The Balaban J connectivity index is 2.09. The van der Waals surface area contributed by atoms with Gasteiger partial charge >= 0.3 is 6.03 Å². The average Bonchev–Trinajstić information content (AvgIpc) is 2.81. The fraction of sp³-hybridized carbons (Fsp3) is 0.200. The maximum absolute atomic E-state index is 12.0. The number of nitrogens with one attached hydrogen (secondary N) is 3. The number of rotatable bonds is 3. The summed E-state index contributed by atoms with van der Waals surface area (Å²) in [6.07, 6.45) is 0. The van der Waals surface area contributed by atoms with E-state index < -0.39 is 0 Å². The van der Waals surface area contributed by atoms with Crippen molar-refractivity contribution in [2.75, 3.05) is 17.7 Å². The number of carbonyl (C=O) groups is 2. The van der Waals surface area contributed by atoms with Gasteiger partial charge in [-0.3, -0.25) is 4.79 Å². The fourth-order valence-corrected chi connectivity index (χ4v) is 2.72. The van der Waals surface area contributed by atoms with E-state index in [0.717, 1.165) is 10.4 Å². The molecule has 0 aliphatic rings. The number of hydrogen-bond acceptors (Lipinski definition) is 3. The predicted molar refractivity (Wildman–Crippen MR) is 86.3 cm³/mol. The van der Waals surface area contributed by atoms with Crippen molar-refractivity contribution in [1.82, 2.24) is 5.32 Å². The van der Waals surface area contributed by atoms with Crippen LogP contribution in [0.1, 0.15) is 20.1 Å². The molecule has 3 N–H and O–H groups in total. The molecule has 0 saturated carbocycles. The minimum absolute atomic E-state index is 0.210. The topological polar surface area (TPSA) is 70.2 Å². The molecule has 6 heteroatoms. The van der Waals surface area contributed by atoms with Crippen LogP contribution < -0.4 is 16.0 Å². The molecule has 1 aromatic heterocycles. The van der Waals surface area contributed by atoms with E-state index in [4.69, 9.17) is 0 Å². The van der Waals surface area contributed by atoms with Crippen molar-refractivity contribution >= 4 is 34.6 Å². The van der Waals surface area contributed by atoms with Gasteiger partial charge in [-0.2, -0.15) is 0 Å². The summed E-state index contributed by atoms with van der Waals surface area (Å²) >= 11 is 1.34. The van der Waals surface area contributed by atoms with Gasteiger partial charge in [0.2, 0.25) is 0 Å². The highest BCUT2D eigenvalue weighted by Gasteiger charge is 2.15. The number of carbonyl (C=O) groups excluding carboxylic acids is 2. The molecule has 0 aliphatic carbocycles. The van der Waals surface area contributed by atoms with E-state index in [1.54, 1.807) is 13.1 Å². The molecule has 0 unspecified atom stereocenters. The van der Waals surface area contributed by atoms with Gasteiger partial charge in [0.25, 0.3) is 5.91 Å². The number of hydrogen-bond donors (Lipinski definition) is 3. The molecule has 2 aromatic rings. The van der Waals surface area contributed by atoms with Crippen molar-refractivity contribution in [3.63, 3.8) is 0 Å². The van der Waals surface area contributed by atoms with E-state index >= 15 is 0 Å². The summed E-state index contributed by atoms with van der Waals surface area (Å²) in [5, 5.41) is 8.01. The summed E-state index contributed by atoms with van der Waals surface area (Å²) in [6, 6.07) is 8.90. The van der Waals surface area contributed by atoms with Crippen LogP contribution in [0.25, 0.3) is 0 Å². The van der Waals surface area contributed by atoms with E-state index in [-0.39, 0.29) is 11.9 Å². The van der Waals surface area contributed by atoms with E-state index in [9.17, 15) is 9.59 Å². The van der Waals surface area contributed by atoms with Crippen molar-refractivity contribution in [3.8, 4) is 0 Å². The number of benzene rings is 1. The summed E-state index contributed by atoms with van der Waals surface area (Å²) < 4.78 is 0. The first-order chi connectivity index (χ1) is 9.99. The lowest BCUT2D eigenvalue weighted by atomic mass is 10.2. The summed E-state index contributed by atoms with van der Waals surface area (Å²) in [5.41, 5.74) is 2.34. The predicted octanol–water partition coefficient (Wildman–Crippen LogP) is 3.37. The number of aryl methyl sites for hydroxylation is 2. The highest BCUT2D eigenvalue weighted by molar-refractivity contribution is 7.14. The summed E-state index contributed by atoms with van der Waals surface area (Å²) in [6.45, 7) is 3.87. The van der Waals surface area contributed by atoms with Crippen LogP contribution in [0, 0.1) is 13.8 Å². The van der Waals surface area contributed by atoms with E-state index in [1.165, 1.54) is 11.3 Å². The number of urea groups is 1. The summed E-state index contributed by atoms with van der Waals surface area (Å²) in [5.74, 6) is -0.210. The van der Waals surface area contributed by atoms with Gasteiger partial charge in [-0.25, -0.2) is 4.79 Å². The molecule has 0 spiro atoms. The SMILES string of the molecule is CNC(=O)c1sc(C)cc1NC(=O)Nc1ccc(C)cc1. The second kappa shape index (κ2) is 6.41. The van der Waals surface area contributed by atoms with E-state index in [0.29, 0.717) is 16.3 Å². The Kier molecular flexibility index (Phi) is 4.59. The molecule has 0 atom stereocenters. The number of anilines is 2. The van der Waals surface area contributed by atoms with Gasteiger partial charge in [0.1, 0.15) is 4.88 Å². The molecule has 0 saturated heterocycles. The molecule has 0 fully saturated rings. The first-order valence-electron chi connectivity index (χ1n) is 6.47. The minimum Gasteiger partial charge on any atom is -0.354 e. The van der Waals surface area contributed by atoms with Crippen molar-refractivity contribution < 1.29 is 9.59 Å². The second-order valence-electron chi connectivity index (χ2n) is 4.62. The third-order valence-corrected chi connectivity index (χ3v) is 3.90. The molecule has 1 heterocycles. The van der Waals surface area contributed by atoms with Crippen LogP contribution >= 0.6 is 11.3 Å². The Morgan fingerprint density at radius 2 is 1.71 bits per heavy atom. The Bertz CT molecular complexity index is 662. The molecular weight excluding hydrogens is 286 g/mol. The van der Waals surface area contributed by atoms with Crippen molar-refractivity contribution in [2.45, 2.75) is 13.8 Å². The van der Waals surface area contributed by atoms with Crippen molar-refractivity contribution in [1.29, 1.82) is 0 Å². The third-order valence-electron chi connectivity index (χ3n) is 2.85. The smallest absolute Gasteiger partial charge is 0.323 e. The van der Waals surface area contributed by atoms with Gasteiger partial charge in [0, 0.05) is 17.6 Å². The standard InChI is InChI=1S/C15H17N3O2S/c1-9-4-6-11(7-5-9)17-15(20)18-12-8-10(2)21-13(12)14(19)16-3/h4-8H,1-3H3,(H,16,19)(H2,17,18,20). The largest absolute Gasteiger partial charge is 0.354 e. The maximum Gasteiger partial charge on any atom is 0.323 e. The highest BCUT2D eigenvalue weighted by atomic mass is 32.1. The van der Waals surface area contributed by atoms with Crippen LogP contribution in [0.15, 0.2) is 30.3 Å². The van der Waals surface area contributed by atoms with Crippen LogP contribution in [-0.4, -0.2) is 19.0 Å². The molecule has 0 aliphatic heterocycles. The Labute approximate surface area is 127 Å². The van der Waals surface area contributed by atoms with Crippen molar-refractivity contribution in [2.24, 2.45) is 0 Å². The fourth-order valence-electron chi connectivity index (χ4n) is 1.81. The first kappa shape index (κ1) is 15.1. The van der Waals surface area contributed by atoms with Crippen LogP contribution in [0.2, 0.25) is 0 Å².